The minimum atomic E-state index is -3.29. The van der Waals surface area contributed by atoms with Crippen molar-refractivity contribution in [2.24, 2.45) is 0 Å². The topological polar surface area (TPSA) is 92.3 Å². The van der Waals surface area contributed by atoms with Crippen LogP contribution in [-0.2, 0) is 19.9 Å². The van der Waals surface area contributed by atoms with E-state index in [1.54, 1.807) is 12.1 Å². The fourth-order valence-electron chi connectivity index (χ4n) is 2.34. The predicted octanol–water partition coefficient (Wildman–Crippen LogP) is 1.36. The molecule has 0 bridgehead atoms. The third kappa shape index (κ3) is 4.89. The first-order chi connectivity index (χ1) is 9.65. The molecule has 1 saturated heterocycles. The Morgan fingerprint density at radius 1 is 1.19 bits per heavy atom. The fourth-order valence-corrected chi connectivity index (χ4v) is 4.46. The fraction of sp³-hybridized carbons (Fsp3) is 0.538. The second kappa shape index (κ2) is 5.84. The number of rotatable bonds is 4. The van der Waals surface area contributed by atoms with Crippen molar-refractivity contribution >= 4 is 31.2 Å². The average Bonchev–Trinajstić information content (AvgIpc) is 2.34. The van der Waals surface area contributed by atoms with Gasteiger partial charge in [0.2, 0.25) is 10.0 Å². The smallest absolute Gasteiger partial charge is 0.229 e. The van der Waals surface area contributed by atoms with Gasteiger partial charge in [-0.25, -0.2) is 16.8 Å². The Hall–Kier alpha value is -1.28. The zero-order valence-corrected chi connectivity index (χ0v) is 13.7. The van der Waals surface area contributed by atoms with Gasteiger partial charge in [-0.15, -0.1) is 0 Å². The van der Waals surface area contributed by atoms with Crippen LogP contribution in [0, 0.1) is 6.92 Å². The summed E-state index contributed by atoms with van der Waals surface area (Å²) in [6.45, 7) is 1.82. The van der Waals surface area contributed by atoms with E-state index in [2.05, 4.69) is 10.0 Å². The van der Waals surface area contributed by atoms with Gasteiger partial charge in [0, 0.05) is 11.7 Å². The number of sulfone groups is 1. The summed E-state index contributed by atoms with van der Waals surface area (Å²) < 4.78 is 47.7. The first-order valence-electron chi connectivity index (χ1n) is 6.70. The molecule has 0 spiro atoms. The van der Waals surface area contributed by atoms with Gasteiger partial charge in [0.15, 0.2) is 0 Å². The van der Waals surface area contributed by atoms with E-state index in [1.807, 2.05) is 13.0 Å². The Kier molecular flexibility index (Phi) is 4.48. The molecule has 0 amide bonds. The van der Waals surface area contributed by atoms with Crippen molar-refractivity contribution in [1.82, 2.24) is 0 Å². The standard InChI is InChI=1S/C13H20N2O4S2/c1-10-9-12(3-4-13(10)15-20(2,16)17)14-11-5-7-21(18,19)8-6-11/h3-4,9,11,14-15H,5-8H2,1-2H3. The Morgan fingerprint density at radius 3 is 2.33 bits per heavy atom. The molecule has 1 heterocycles. The van der Waals surface area contributed by atoms with Crippen LogP contribution in [0.25, 0.3) is 0 Å². The number of sulfonamides is 1. The maximum Gasteiger partial charge on any atom is 0.229 e. The Morgan fingerprint density at radius 2 is 1.81 bits per heavy atom. The highest BCUT2D eigenvalue weighted by molar-refractivity contribution is 7.92. The summed E-state index contributed by atoms with van der Waals surface area (Å²) in [5.74, 6) is 0.439. The van der Waals surface area contributed by atoms with Crippen molar-refractivity contribution in [3.8, 4) is 0 Å². The van der Waals surface area contributed by atoms with Crippen molar-refractivity contribution < 1.29 is 16.8 Å². The summed E-state index contributed by atoms with van der Waals surface area (Å²) in [7, 11) is -6.15. The maximum absolute atomic E-state index is 11.4. The summed E-state index contributed by atoms with van der Waals surface area (Å²) in [6.07, 6.45) is 2.32. The molecule has 1 aliphatic rings. The number of hydrogen-bond acceptors (Lipinski definition) is 5. The molecule has 1 aromatic rings. The Labute approximate surface area is 125 Å². The van der Waals surface area contributed by atoms with Crippen LogP contribution >= 0.6 is 0 Å². The molecule has 2 rings (SSSR count). The van der Waals surface area contributed by atoms with Gasteiger partial charge in [-0.05, 0) is 43.5 Å². The van der Waals surface area contributed by atoms with Gasteiger partial charge in [-0.3, -0.25) is 4.72 Å². The zero-order chi connectivity index (χ0) is 15.7. The van der Waals surface area contributed by atoms with Crippen LogP contribution in [0.5, 0.6) is 0 Å². The molecule has 0 aromatic heterocycles. The third-order valence-electron chi connectivity index (χ3n) is 3.45. The highest BCUT2D eigenvalue weighted by Crippen LogP contribution is 2.23. The van der Waals surface area contributed by atoms with E-state index in [0.29, 0.717) is 18.5 Å². The SMILES string of the molecule is Cc1cc(NC2CCS(=O)(=O)CC2)ccc1NS(C)(=O)=O. The lowest BCUT2D eigenvalue weighted by molar-refractivity contribution is 0.559. The molecule has 1 aliphatic heterocycles. The lowest BCUT2D eigenvalue weighted by Crippen LogP contribution is -2.32. The molecule has 0 unspecified atom stereocenters. The highest BCUT2D eigenvalue weighted by Gasteiger charge is 2.23. The van der Waals surface area contributed by atoms with Crippen LogP contribution in [-0.4, -0.2) is 40.6 Å². The van der Waals surface area contributed by atoms with Crippen LogP contribution in [0.4, 0.5) is 11.4 Å². The molecular formula is C13H20N2O4S2. The van der Waals surface area contributed by atoms with Gasteiger partial charge in [-0.2, -0.15) is 0 Å². The first kappa shape index (κ1) is 16.1. The summed E-state index contributed by atoms with van der Waals surface area (Å²) in [5, 5.41) is 3.31. The van der Waals surface area contributed by atoms with Gasteiger partial charge in [0.25, 0.3) is 0 Å². The Bertz CT molecular complexity index is 713. The van der Waals surface area contributed by atoms with E-state index in [9.17, 15) is 16.8 Å². The maximum atomic E-state index is 11.4. The normalized spacial score (nSPS) is 19.1. The molecule has 0 aliphatic carbocycles. The number of nitrogens with one attached hydrogen (secondary N) is 2. The second-order valence-electron chi connectivity index (χ2n) is 5.47. The van der Waals surface area contributed by atoms with Crippen LogP contribution < -0.4 is 10.0 Å². The number of benzene rings is 1. The monoisotopic (exact) mass is 332 g/mol. The molecule has 8 heteroatoms. The molecule has 0 radical (unpaired) electrons. The molecular weight excluding hydrogens is 312 g/mol. The molecule has 1 aromatic carbocycles. The van der Waals surface area contributed by atoms with Crippen molar-refractivity contribution in [2.45, 2.75) is 25.8 Å². The number of anilines is 2. The van der Waals surface area contributed by atoms with Crippen molar-refractivity contribution in [3.05, 3.63) is 23.8 Å². The highest BCUT2D eigenvalue weighted by atomic mass is 32.2. The lowest BCUT2D eigenvalue weighted by Gasteiger charge is -2.24. The molecule has 0 saturated carbocycles. The average molecular weight is 332 g/mol. The Balaban J connectivity index is 2.04. The summed E-state index contributed by atoms with van der Waals surface area (Å²) in [4.78, 5) is 0. The van der Waals surface area contributed by atoms with Gasteiger partial charge in [-0.1, -0.05) is 0 Å². The van der Waals surface area contributed by atoms with Crippen LogP contribution in [0.3, 0.4) is 0 Å². The van der Waals surface area contributed by atoms with Gasteiger partial charge >= 0.3 is 0 Å². The lowest BCUT2D eigenvalue weighted by atomic mass is 10.1. The van der Waals surface area contributed by atoms with Crippen LogP contribution in [0.15, 0.2) is 18.2 Å². The van der Waals surface area contributed by atoms with E-state index in [4.69, 9.17) is 0 Å². The molecule has 6 nitrogen and oxygen atoms in total. The van der Waals surface area contributed by atoms with Crippen LogP contribution in [0.2, 0.25) is 0 Å². The predicted molar refractivity (Wildman–Crippen MR) is 84.9 cm³/mol. The minimum Gasteiger partial charge on any atom is -0.382 e. The third-order valence-corrected chi connectivity index (χ3v) is 5.75. The second-order valence-corrected chi connectivity index (χ2v) is 9.53. The van der Waals surface area contributed by atoms with Crippen molar-refractivity contribution in [1.29, 1.82) is 0 Å². The van der Waals surface area contributed by atoms with E-state index in [-0.39, 0.29) is 17.5 Å². The minimum absolute atomic E-state index is 0.140. The molecule has 21 heavy (non-hydrogen) atoms. The zero-order valence-electron chi connectivity index (χ0n) is 12.1. The molecule has 1 fully saturated rings. The van der Waals surface area contributed by atoms with E-state index in [0.717, 1.165) is 17.5 Å². The van der Waals surface area contributed by atoms with Crippen LogP contribution in [0.1, 0.15) is 18.4 Å². The number of hydrogen-bond donors (Lipinski definition) is 2. The summed E-state index contributed by atoms with van der Waals surface area (Å²) in [5.41, 5.74) is 2.24. The molecule has 0 atom stereocenters. The van der Waals surface area contributed by atoms with Gasteiger partial charge < -0.3 is 5.32 Å². The van der Waals surface area contributed by atoms with E-state index < -0.39 is 19.9 Å². The van der Waals surface area contributed by atoms with E-state index in [1.165, 1.54) is 0 Å². The summed E-state index contributed by atoms with van der Waals surface area (Å²) >= 11 is 0. The first-order valence-corrected chi connectivity index (χ1v) is 10.4. The molecule has 118 valence electrons. The molecule has 2 N–H and O–H groups in total. The van der Waals surface area contributed by atoms with Gasteiger partial charge in [0.05, 0.1) is 23.4 Å². The van der Waals surface area contributed by atoms with Gasteiger partial charge in [0.1, 0.15) is 9.84 Å². The number of aryl methyl sites for hydroxylation is 1. The van der Waals surface area contributed by atoms with Crippen molar-refractivity contribution in [3.63, 3.8) is 0 Å². The summed E-state index contributed by atoms with van der Waals surface area (Å²) in [6, 6.07) is 5.50. The van der Waals surface area contributed by atoms with Crippen molar-refractivity contribution in [2.75, 3.05) is 27.8 Å². The van der Waals surface area contributed by atoms with E-state index >= 15 is 0 Å². The quantitative estimate of drug-likeness (QED) is 0.868. The largest absolute Gasteiger partial charge is 0.382 e.